The molecule has 0 unspecified atom stereocenters. The smallest absolute Gasteiger partial charge is 0.348 e. The molecule has 2 heterocycles. The van der Waals surface area contributed by atoms with Crippen LogP contribution in [0.25, 0.3) is 0 Å². The molecule has 0 atom stereocenters. The third kappa shape index (κ3) is 4.17. The van der Waals surface area contributed by atoms with Crippen LogP contribution >= 0.6 is 23.1 Å². The largest absolute Gasteiger partial charge is 0.462 e. The maximum atomic E-state index is 12.6. The van der Waals surface area contributed by atoms with Crippen molar-refractivity contribution in [3.63, 3.8) is 0 Å². The number of amides is 1. The normalized spacial score (nSPS) is 27.4. The summed E-state index contributed by atoms with van der Waals surface area (Å²) in [7, 11) is 0. The molecule has 174 valence electrons. The zero-order valence-electron chi connectivity index (χ0n) is 18.8. The third-order valence-electron chi connectivity index (χ3n) is 7.31. The summed E-state index contributed by atoms with van der Waals surface area (Å²) in [6, 6.07) is 2.08. The van der Waals surface area contributed by atoms with Crippen molar-refractivity contribution in [1.29, 1.82) is 5.26 Å². The summed E-state index contributed by atoms with van der Waals surface area (Å²) in [5, 5.41) is 20.8. The number of nitrogens with one attached hydrogen (secondary N) is 2. The Morgan fingerprint density at radius 1 is 1.27 bits per heavy atom. The first-order valence-corrected chi connectivity index (χ1v) is 13.3. The van der Waals surface area contributed by atoms with Crippen molar-refractivity contribution in [2.75, 3.05) is 17.7 Å². The van der Waals surface area contributed by atoms with Gasteiger partial charge < -0.3 is 10.1 Å². The predicted octanol–water partition coefficient (Wildman–Crippen LogP) is 4.42. The molecule has 0 saturated heterocycles. The maximum absolute atomic E-state index is 12.6. The number of H-pyrrole nitrogens is 1. The molecule has 10 heteroatoms. The van der Waals surface area contributed by atoms with E-state index in [1.54, 1.807) is 13.8 Å². The Kier molecular flexibility index (Phi) is 5.95. The predicted molar refractivity (Wildman–Crippen MR) is 125 cm³/mol. The van der Waals surface area contributed by atoms with Crippen LogP contribution in [0.2, 0.25) is 0 Å². The van der Waals surface area contributed by atoms with Crippen molar-refractivity contribution in [1.82, 2.24) is 15.2 Å². The summed E-state index contributed by atoms with van der Waals surface area (Å²) in [6.07, 6.45) is 7.74. The second-order valence-electron chi connectivity index (χ2n) is 9.59. The molecule has 0 aliphatic heterocycles. The SMILES string of the molecule is CCOC(=O)c1sc(NC(=O)CSc2n[nH]c(C34CC5CC(CC(C5)C3)C4)n2)c(C#N)c1C. The van der Waals surface area contributed by atoms with Gasteiger partial charge in [-0.25, -0.2) is 9.78 Å². The fourth-order valence-corrected chi connectivity index (χ4v) is 8.03. The topological polar surface area (TPSA) is 121 Å². The number of anilines is 1. The van der Waals surface area contributed by atoms with Crippen LogP contribution in [0.15, 0.2) is 5.16 Å². The van der Waals surface area contributed by atoms with E-state index < -0.39 is 5.97 Å². The first kappa shape index (κ1) is 22.4. The van der Waals surface area contributed by atoms with Crippen LogP contribution in [0.4, 0.5) is 5.00 Å². The highest BCUT2D eigenvalue weighted by atomic mass is 32.2. The summed E-state index contributed by atoms with van der Waals surface area (Å²) in [5.41, 5.74) is 0.962. The highest BCUT2D eigenvalue weighted by molar-refractivity contribution is 7.99. The summed E-state index contributed by atoms with van der Waals surface area (Å²) < 4.78 is 5.05. The number of aromatic nitrogens is 3. The van der Waals surface area contributed by atoms with Gasteiger partial charge in [-0.2, -0.15) is 5.26 Å². The molecule has 0 radical (unpaired) electrons. The fraction of sp³-hybridized carbons (Fsp3) is 0.609. The van der Waals surface area contributed by atoms with E-state index in [0.717, 1.165) is 34.9 Å². The molecule has 33 heavy (non-hydrogen) atoms. The first-order valence-electron chi connectivity index (χ1n) is 11.5. The van der Waals surface area contributed by atoms with Crippen LogP contribution in [0.3, 0.4) is 0 Å². The Morgan fingerprint density at radius 3 is 2.55 bits per heavy atom. The van der Waals surface area contributed by atoms with Crippen LogP contribution in [-0.4, -0.2) is 39.4 Å². The average Bonchev–Trinajstić information content (AvgIpc) is 3.36. The molecule has 2 aromatic rings. The number of rotatable bonds is 7. The molecule has 8 nitrogen and oxygen atoms in total. The van der Waals surface area contributed by atoms with Crippen LogP contribution in [-0.2, 0) is 14.9 Å². The quantitative estimate of drug-likeness (QED) is 0.440. The number of hydrogen-bond donors (Lipinski definition) is 2. The van der Waals surface area contributed by atoms with Gasteiger partial charge in [0.2, 0.25) is 11.1 Å². The van der Waals surface area contributed by atoms with Crippen molar-refractivity contribution in [2.45, 2.75) is 62.9 Å². The van der Waals surface area contributed by atoms with Crippen molar-refractivity contribution in [2.24, 2.45) is 17.8 Å². The third-order valence-corrected chi connectivity index (χ3v) is 9.34. The molecular formula is C23H27N5O3S2. The van der Waals surface area contributed by atoms with Crippen molar-refractivity contribution in [3.05, 3.63) is 21.8 Å². The molecule has 4 bridgehead atoms. The molecule has 4 fully saturated rings. The lowest BCUT2D eigenvalue weighted by Gasteiger charge is -2.55. The maximum Gasteiger partial charge on any atom is 0.348 e. The van der Waals surface area contributed by atoms with Crippen LogP contribution in [0, 0.1) is 36.0 Å². The molecule has 4 saturated carbocycles. The minimum atomic E-state index is -0.482. The second-order valence-corrected chi connectivity index (χ2v) is 11.6. The number of nitrogens with zero attached hydrogens (tertiary/aromatic N) is 3. The van der Waals surface area contributed by atoms with Gasteiger partial charge in [0.1, 0.15) is 21.8 Å². The summed E-state index contributed by atoms with van der Waals surface area (Å²) >= 11 is 2.35. The Bertz CT molecular complexity index is 1100. The van der Waals surface area contributed by atoms with Gasteiger partial charge in [0, 0.05) is 5.41 Å². The molecule has 4 aliphatic rings. The van der Waals surface area contributed by atoms with Crippen LogP contribution in [0.5, 0.6) is 0 Å². The van der Waals surface area contributed by atoms with E-state index in [9.17, 15) is 14.9 Å². The number of nitriles is 1. The first-order chi connectivity index (χ1) is 15.9. The van der Waals surface area contributed by atoms with Crippen molar-refractivity contribution in [3.8, 4) is 6.07 Å². The number of hydrogen-bond acceptors (Lipinski definition) is 8. The summed E-state index contributed by atoms with van der Waals surface area (Å²) in [5.74, 6) is 2.83. The van der Waals surface area contributed by atoms with Crippen molar-refractivity contribution < 1.29 is 14.3 Å². The average molecular weight is 486 g/mol. The lowest BCUT2D eigenvalue weighted by atomic mass is 9.49. The van der Waals surface area contributed by atoms with E-state index in [0.29, 0.717) is 26.2 Å². The van der Waals surface area contributed by atoms with E-state index in [2.05, 4.69) is 21.6 Å². The van der Waals surface area contributed by atoms with Gasteiger partial charge in [-0.1, -0.05) is 11.8 Å². The number of carbonyl (C=O) groups excluding carboxylic acids is 2. The minimum Gasteiger partial charge on any atom is -0.462 e. The van der Waals surface area contributed by atoms with E-state index >= 15 is 0 Å². The minimum absolute atomic E-state index is 0.120. The van der Waals surface area contributed by atoms with Crippen molar-refractivity contribution >= 4 is 40.0 Å². The van der Waals surface area contributed by atoms with E-state index in [-0.39, 0.29) is 23.7 Å². The number of thiophene rings is 1. The number of carbonyl (C=O) groups is 2. The van der Waals surface area contributed by atoms with Gasteiger partial charge in [0.15, 0.2) is 0 Å². The van der Waals surface area contributed by atoms with Gasteiger partial charge >= 0.3 is 5.97 Å². The zero-order valence-corrected chi connectivity index (χ0v) is 20.4. The van der Waals surface area contributed by atoms with Gasteiger partial charge in [-0.05, 0) is 75.7 Å². The fourth-order valence-electron chi connectivity index (χ4n) is 6.37. The number of esters is 1. The highest BCUT2D eigenvalue weighted by Gasteiger charge is 2.53. The van der Waals surface area contributed by atoms with Gasteiger partial charge in [-0.3, -0.25) is 9.89 Å². The molecule has 2 aromatic heterocycles. The lowest BCUT2D eigenvalue weighted by Crippen LogP contribution is -2.49. The molecule has 1 amide bonds. The standard InChI is InChI=1S/C23H27N5O3S2/c1-3-31-20(30)18-12(2)16(10-24)19(33-18)25-17(29)11-32-22-26-21(27-28-22)23-7-13-4-14(8-23)6-15(5-13)9-23/h13-15H,3-9,11H2,1-2H3,(H,25,29)(H,26,27,28). The zero-order chi connectivity index (χ0) is 23.2. The Morgan fingerprint density at radius 2 is 1.94 bits per heavy atom. The number of thioether (sulfide) groups is 1. The highest BCUT2D eigenvalue weighted by Crippen LogP contribution is 2.60. The Hall–Kier alpha value is -2.38. The second kappa shape index (κ2) is 8.76. The van der Waals surface area contributed by atoms with E-state index in [1.165, 1.54) is 50.3 Å². The van der Waals surface area contributed by atoms with Crippen LogP contribution in [0.1, 0.15) is 72.1 Å². The molecule has 6 rings (SSSR count). The van der Waals surface area contributed by atoms with Gasteiger partial charge in [-0.15, -0.1) is 16.4 Å². The lowest BCUT2D eigenvalue weighted by molar-refractivity contribution is -0.113. The monoisotopic (exact) mass is 485 g/mol. The molecule has 0 spiro atoms. The molecule has 2 N–H and O–H groups in total. The van der Waals surface area contributed by atoms with Gasteiger partial charge in [0.05, 0.1) is 17.9 Å². The Labute approximate surface area is 200 Å². The van der Waals surface area contributed by atoms with E-state index in [1.807, 2.05) is 0 Å². The summed E-state index contributed by atoms with van der Waals surface area (Å²) in [6.45, 7) is 3.66. The number of ether oxygens (including phenoxy) is 1. The molecule has 4 aliphatic carbocycles. The number of aromatic amines is 1. The van der Waals surface area contributed by atoms with Gasteiger partial charge in [0.25, 0.3) is 0 Å². The summed E-state index contributed by atoms with van der Waals surface area (Å²) in [4.78, 5) is 29.8. The van der Waals surface area contributed by atoms with Crippen LogP contribution < -0.4 is 5.32 Å². The molecule has 0 aromatic carbocycles. The molecular weight excluding hydrogens is 458 g/mol. The van der Waals surface area contributed by atoms with E-state index in [4.69, 9.17) is 9.72 Å². The Balaban J connectivity index is 1.22.